The summed E-state index contributed by atoms with van der Waals surface area (Å²) in [7, 11) is 0. The largest absolute Gasteiger partial charge is 0.427 e. The van der Waals surface area contributed by atoms with E-state index in [-0.39, 0.29) is 5.91 Å². The van der Waals surface area contributed by atoms with Gasteiger partial charge >= 0.3 is 5.97 Å². The quantitative estimate of drug-likeness (QED) is 0.407. The van der Waals surface area contributed by atoms with Gasteiger partial charge < -0.3 is 10.1 Å². The molecule has 0 fully saturated rings. The van der Waals surface area contributed by atoms with Crippen LogP contribution in [0.25, 0.3) is 0 Å². The number of rotatable bonds is 4. The standard InChI is InChI=1S/C17H14N2O4/c1-11-3-6-14(18-10-20)9-16(11)19-17(22)13-4-7-15(8-5-13)23-12(2)21/h3-9H,1-2H3,(H,19,22). The van der Waals surface area contributed by atoms with Crippen molar-refractivity contribution >= 4 is 29.3 Å². The molecule has 0 heterocycles. The zero-order chi connectivity index (χ0) is 16.8. The molecule has 0 atom stereocenters. The van der Waals surface area contributed by atoms with Crippen LogP contribution in [-0.4, -0.2) is 18.0 Å². The monoisotopic (exact) mass is 310 g/mol. The normalized spacial score (nSPS) is 9.65. The number of carbonyl (C=O) groups is 2. The van der Waals surface area contributed by atoms with Crippen LogP contribution in [0.3, 0.4) is 0 Å². The first-order valence-corrected chi connectivity index (χ1v) is 6.78. The third-order valence-electron chi connectivity index (χ3n) is 3.02. The lowest BCUT2D eigenvalue weighted by Gasteiger charge is -2.09. The summed E-state index contributed by atoms with van der Waals surface area (Å²) in [6.45, 7) is 3.13. The fraction of sp³-hybridized carbons (Fsp3) is 0.118. The van der Waals surface area contributed by atoms with Gasteiger partial charge in [-0.15, -0.1) is 0 Å². The summed E-state index contributed by atoms with van der Waals surface area (Å²) in [4.78, 5) is 36.9. The van der Waals surface area contributed by atoms with Crippen LogP contribution < -0.4 is 10.1 Å². The van der Waals surface area contributed by atoms with Crippen molar-refractivity contribution in [1.29, 1.82) is 0 Å². The number of anilines is 1. The second-order valence-corrected chi connectivity index (χ2v) is 4.77. The van der Waals surface area contributed by atoms with Gasteiger partial charge in [-0.3, -0.25) is 9.59 Å². The van der Waals surface area contributed by atoms with E-state index in [0.717, 1.165) is 5.56 Å². The molecule has 0 radical (unpaired) electrons. The molecule has 23 heavy (non-hydrogen) atoms. The molecule has 2 aromatic carbocycles. The molecular weight excluding hydrogens is 296 g/mol. The van der Waals surface area contributed by atoms with Crippen molar-refractivity contribution in [2.75, 3.05) is 5.32 Å². The second-order valence-electron chi connectivity index (χ2n) is 4.77. The van der Waals surface area contributed by atoms with Gasteiger partial charge in [-0.2, -0.15) is 4.99 Å². The first-order valence-electron chi connectivity index (χ1n) is 6.78. The van der Waals surface area contributed by atoms with Crippen LogP contribution in [0.5, 0.6) is 5.75 Å². The predicted octanol–water partition coefficient (Wildman–Crippen LogP) is 3.14. The Balaban J connectivity index is 2.17. The van der Waals surface area contributed by atoms with Crippen LogP contribution in [0.1, 0.15) is 22.8 Å². The van der Waals surface area contributed by atoms with Gasteiger partial charge in [0.25, 0.3) is 5.91 Å². The first kappa shape index (κ1) is 16.1. The zero-order valence-electron chi connectivity index (χ0n) is 12.6. The molecule has 0 unspecified atom stereocenters. The number of nitrogens with one attached hydrogen (secondary N) is 1. The third kappa shape index (κ3) is 4.36. The van der Waals surface area contributed by atoms with Gasteiger partial charge in [-0.25, -0.2) is 4.79 Å². The summed E-state index contributed by atoms with van der Waals surface area (Å²) in [5.41, 5.74) is 2.20. The van der Waals surface area contributed by atoms with Crippen LogP contribution >= 0.6 is 0 Å². The van der Waals surface area contributed by atoms with E-state index in [2.05, 4.69) is 10.3 Å². The van der Waals surface area contributed by atoms with E-state index in [1.807, 2.05) is 6.92 Å². The number of esters is 1. The van der Waals surface area contributed by atoms with E-state index in [9.17, 15) is 14.4 Å². The molecule has 0 aliphatic carbocycles. The van der Waals surface area contributed by atoms with E-state index < -0.39 is 5.97 Å². The highest BCUT2D eigenvalue weighted by atomic mass is 16.5. The zero-order valence-corrected chi connectivity index (χ0v) is 12.6. The van der Waals surface area contributed by atoms with Crippen LogP contribution in [-0.2, 0) is 9.59 Å². The fourth-order valence-electron chi connectivity index (χ4n) is 1.90. The number of ether oxygens (including phenoxy) is 1. The van der Waals surface area contributed by atoms with Gasteiger partial charge in [0, 0.05) is 18.2 Å². The lowest BCUT2D eigenvalue weighted by molar-refractivity contribution is -0.131. The van der Waals surface area contributed by atoms with E-state index in [1.165, 1.54) is 25.1 Å². The van der Waals surface area contributed by atoms with E-state index in [1.54, 1.807) is 30.3 Å². The smallest absolute Gasteiger partial charge is 0.308 e. The summed E-state index contributed by atoms with van der Waals surface area (Å²) in [5.74, 6) is -0.382. The van der Waals surface area contributed by atoms with Crippen molar-refractivity contribution in [2.24, 2.45) is 4.99 Å². The Morgan fingerprint density at radius 3 is 2.43 bits per heavy atom. The average molecular weight is 310 g/mol. The molecule has 2 aromatic rings. The number of hydrogen-bond acceptors (Lipinski definition) is 5. The second kappa shape index (κ2) is 7.15. The molecule has 0 saturated carbocycles. The third-order valence-corrected chi connectivity index (χ3v) is 3.02. The van der Waals surface area contributed by atoms with Gasteiger partial charge in [0.05, 0.1) is 5.69 Å². The molecule has 6 nitrogen and oxygen atoms in total. The number of benzene rings is 2. The number of aliphatic imine (C=N–C) groups is 1. The summed E-state index contributed by atoms with van der Waals surface area (Å²) in [5, 5.41) is 2.75. The summed E-state index contributed by atoms with van der Waals surface area (Å²) in [6.07, 6.45) is 1.46. The molecule has 0 saturated heterocycles. The van der Waals surface area contributed by atoms with Crippen molar-refractivity contribution in [1.82, 2.24) is 0 Å². The van der Waals surface area contributed by atoms with Gasteiger partial charge in [0.2, 0.25) is 6.08 Å². The lowest BCUT2D eigenvalue weighted by Crippen LogP contribution is -2.12. The van der Waals surface area contributed by atoms with Crippen LogP contribution in [0.15, 0.2) is 47.5 Å². The molecule has 116 valence electrons. The number of nitrogens with zero attached hydrogens (tertiary/aromatic N) is 1. The van der Waals surface area contributed by atoms with Crippen LogP contribution in [0.2, 0.25) is 0 Å². The van der Waals surface area contributed by atoms with Gasteiger partial charge in [-0.05, 0) is 48.9 Å². The van der Waals surface area contributed by atoms with E-state index in [4.69, 9.17) is 4.74 Å². The number of isocyanates is 1. The van der Waals surface area contributed by atoms with Crippen molar-refractivity contribution < 1.29 is 19.1 Å². The minimum atomic E-state index is -0.426. The van der Waals surface area contributed by atoms with Crippen molar-refractivity contribution in [3.63, 3.8) is 0 Å². The number of aryl methyl sites for hydroxylation is 1. The molecule has 0 aromatic heterocycles. The van der Waals surface area contributed by atoms with Gasteiger partial charge in [0.15, 0.2) is 0 Å². The number of amides is 1. The van der Waals surface area contributed by atoms with Gasteiger partial charge in [-0.1, -0.05) is 6.07 Å². The molecule has 0 spiro atoms. The van der Waals surface area contributed by atoms with Gasteiger partial charge in [0.1, 0.15) is 5.75 Å². The predicted molar refractivity (Wildman–Crippen MR) is 84.7 cm³/mol. The maximum atomic E-state index is 12.2. The van der Waals surface area contributed by atoms with Crippen LogP contribution in [0.4, 0.5) is 11.4 Å². The Kier molecular flexibility index (Phi) is 5.02. The summed E-state index contributed by atoms with van der Waals surface area (Å²) in [6, 6.07) is 11.2. The van der Waals surface area contributed by atoms with Crippen molar-refractivity contribution in [3.8, 4) is 5.75 Å². The maximum Gasteiger partial charge on any atom is 0.308 e. The Bertz CT molecular complexity index is 791. The molecule has 2 rings (SSSR count). The van der Waals surface area contributed by atoms with E-state index >= 15 is 0 Å². The van der Waals surface area contributed by atoms with Crippen molar-refractivity contribution in [3.05, 3.63) is 53.6 Å². The average Bonchev–Trinajstić information content (AvgIpc) is 2.51. The molecule has 0 aliphatic rings. The number of hydrogen-bond donors (Lipinski definition) is 1. The summed E-state index contributed by atoms with van der Waals surface area (Å²) >= 11 is 0. The minimum Gasteiger partial charge on any atom is -0.427 e. The molecule has 0 bridgehead atoms. The molecule has 1 amide bonds. The topological polar surface area (TPSA) is 84.8 Å². The molecule has 0 aliphatic heterocycles. The Morgan fingerprint density at radius 2 is 1.83 bits per heavy atom. The molecule has 6 heteroatoms. The maximum absolute atomic E-state index is 12.2. The van der Waals surface area contributed by atoms with Crippen LogP contribution in [0, 0.1) is 6.92 Å². The first-order chi connectivity index (χ1) is 11.0. The fourth-order valence-corrected chi connectivity index (χ4v) is 1.90. The molecule has 1 N–H and O–H groups in total. The van der Waals surface area contributed by atoms with Crippen molar-refractivity contribution in [2.45, 2.75) is 13.8 Å². The molecular formula is C17H14N2O4. The summed E-state index contributed by atoms with van der Waals surface area (Å²) < 4.78 is 4.91. The SMILES string of the molecule is CC(=O)Oc1ccc(C(=O)Nc2cc(N=C=O)ccc2C)cc1. The van der Waals surface area contributed by atoms with E-state index in [0.29, 0.717) is 22.7 Å². The lowest BCUT2D eigenvalue weighted by atomic mass is 10.1. The highest BCUT2D eigenvalue weighted by molar-refractivity contribution is 6.04. The Labute approximate surface area is 132 Å². The Morgan fingerprint density at radius 1 is 1.13 bits per heavy atom. The minimum absolute atomic E-state index is 0.324. The Hall–Kier alpha value is -3.24. The highest BCUT2D eigenvalue weighted by Gasteiger charge is 2.09. The number of carbonyl (C=O) groups excluding carboxylic acids is 3. The highest BCUT2D eigenvalue weighted by Crippen LogP contribution is 2.23.